The molecule has 5 heteroatoms. The van der Waals surface area contributed by atoms with E-state index < -0.39 is 0 Å². The van der Waals surface area contributed by atoms with Crippen molar-refractivity contribution in [3.8, 4) is 0 Å². The van der Waals surface area contributed by atoms with Crippen LogP contribution < -0.4 is 11.4 Å². The summed E-state index contributed by atoms with van der Waals surface area (Å²) in [5, 5.41) is 0. The normalized spacial score (nSPS) is 37.5. The lowest BCUT2D eigenvalue weighted by molar-refractivity contribution is -0.0189. The third kappa shape index (κ3) is 1.08. The molecular formula is C15H21N3O2. The highest BCUT2D eigenvalue weighted by atomic mass is 16.2. The van der Waals surface area contributed by atoms with Crippen molar-refractivity contribution in [2.24, 2.45) is 24.3 Å². The zero-order valence-corrected chi connectivity index (χ0v) is 12.2. The van der Waals surface area contributed by atoms with Crippen molar-refractivity contribution < 1.29 is 0 Å². The number of nitrogens with zero attached hydrogens (tertiary/aromatic N) is 3. The monoisotopic (exact) mass is 275 g/mol. The van der Waals surface area contributed by atoms with Crippen molar-refractivity contribution in [2.45, 2.75) is 45.2 Å². The molecule has 4 atom stereocenters. The molecular weight excluding hydrogens is 254 g/mol. The first-order valence-electron chi connectivity index (χ1n) is 7.58. The predicted molar refractivity (Wildman–Crippen MR) is 75.8 cm³/mol. The molecule has 0 radical (unpaired) electrons. The molecule has 0 saturated heterocycles. The van der Waals surface area contributed by atoms with Crippen LogP contribution in [0.25, 0.3) is 0 Å². The molecule has 1 saturated carbocycles. The minimum atomic E-state index is -0.168. The standard InChI is InChI=1S/C15H21N3O2/c1-9(2)15-8-4-5-10(15)11-6-7-12(15)18-14(20)16(3)13(19)17(11)18/h6-7,9-12H,4-5,8H2,1-3H3/t10-,11+,12+,15-/m0/s1. The second-order valence-electron chi connectivity index (χ2n) is 6.90. The first-order chi connectivity index (χ1) is 9.50. The Balaban J connectivity index is 2.06. The Bertz CT molecular complexity index is 720. The molecule has 2 bridgehead atoms. The molecule has 5 nitrogen and oxygen atoms in total. The quantitative estimate of drug-likeness (QED) is 0.728. The number of aromatic nitrogens is 3. The molecule has 0 amide bonds. The Kier molecular flexibility index (Phi) is 2.18. The fourth-order valence-electron chi connectivity index (χ4n) is 5.19. The molecule has 4 aliphatic rings. The van der Waals surface area contributed by atoms with E-state index in [-0.39, 0.29) is 28.9 Å². The molecule has 1 aromatic rings. The van der Waals surface area contributed by atoms with Crippen molar-refractivity contribution in [3.05, 3.63) is 33.1 Å². The van der Waals surface area contributed by atoms with Gasteiger partial charge in [0.1, 0.15) is 0 Å². The van der Waals surface area contributed by atoms with Crippen LogP contribution in [0, 0.1) is 17.3 Å². The predicted octanol–water partition coefficient (Wildman–Crippen LogP) is 1.46. The average Bonchev–Trinajstić information content (AvgIpc) is 2.99. The number of hydrogen-bond acceptors (Lipinski definition) is 2. The SMILES string of the molecule is CC(C)[C@@]12CCC[C@H]1[C@H]1C=C[C@H]2n2c(=O)n(C)c(=O)n21. The van der Waals surface area contributed by atoms with Gasteiger partial charge >= 0.3 is 11.4 Å². The zero-order valence-electron chi connectivity index (χ0n) is 12.2. The maximum absolute atomic E-state index is 12.4. The molecule has 3 heterocycles. The number of hydrogen-bond donors (Lipinski definition) is 0. The molecule has 1 aromatic heterocycles. The van der Waals surface area contributed by atoms with Gasteiger partial charge in [-0.05, 0) is 24.7 Å². The topological polar surface area (TPSA) is 48.9 Å². The van der Waals surface area contributed by atoms with E-state index in [0.29, 0.717) is 11.8 Å². The Morgan fingerprint density at radius 1 is 1.20 bits per heavy atom. The number of rotatable bonds is 1. The summed E-state index contributed by atoms with van der Waals surface area (Å²) in [6.07, 6.45) is 7.86. The Labute approximate surface area is 117 Å². The van der Waals surface area contributed by atoms with Gasteiger partial charge in [-0.25, -0.2) is 23.5 Å². The van der Waals surface area contributed by atoms with E-state index >= 15 is 0 Å². The highest BCUT2D eigenvalue weighted by molar-refractivity contribution is 5.21. The zero-order chi connectivity index (χ0) is 14.2. The molecule has 0 aromatic carbocycles. The molecule has 5 rings (SSSR count). The molecule has 108 valence electrons. The lowest BCUT2D eigenvalue weighted by Crippen LogP contribution is -2.55. The lowest BCUT2D eigenvalue weighted by atomic mass is 9.59. The van der Waals surface area contributed by atoms with Gasteiger partial charge in [-0.2, -0.15) is 0 Å². The van der Waals surface area contributed by atoms with Gasteiger partial charge in [0, 0.05) is 12.5 Å². The summed E-state index contributed by atoms with van der Waals surface area (Å²) >= 11 is 0. The van der Waals surface area contributed by atoms with E-state index in [9.17, 15) is 9.59 Å². The van der Waals surface area contributed by atoms with Crippen molar-refractivity contribution in [1.29, 1.82) is 0 Å². The van der Waals surface area contributed by atoms with Crippen LogP contribution in [0.15, 0.2) is 21.7 Å². The van der Waals surface area contributed by atoms with E-state index in [1.807, 2.05) is 0 Å². The summed E-state index contributed by atoms with van der Waals surface area (Å²) < 4.78 is 4.69. The van der Waals surface area contributed by atoms with Crippen LogP contribution in [0.3, 0.4) is 0 Å². The van der Waals surface area contributed by atoms with Crippen LogP contribution in [0.2, 0.25) is 0 Å². The largest absolute Gasteiger partial charge is 0.347 e. The molecule has 2 aliphatic heterocycles. The first-order valence-corrected chi connectivity index (χ1v) is 7.58. The molecule has 1 fully saturated rings. The fourth-order valence-corrected chi connectivity index (χ4v) is 5.19. The minimum Gasteiger partial charge on any atom is -0.246 e. The van der Waals surface area contributed by atoms with E-state index in [1.165, 1.54) is 17.4 Å². The maximum Gasteiger partial charge on any atom is 0.347 e. The van der Waals surface area contributed by atoms with Crippen LogP contribution >= 0.6 is 0 Å². The highest BCUT2D eigenvalue weighted by Crippen LogP contribution is 2.63. The van der Waals surface area contributed by atoms with E-state index in [0.717, 1.165) is 6.42 Å². The second kappa shape index (κ2) is 3.57. The van der Waals surface area contributed by atoms with Crippen LogP contribution in [-0.2, 0) is 7.05 Å². The Morgan fingerprint density at radius 2 is 1.90 bits per heavy atom. The minimum absolute atomic E-state index is 0.0430. The molecule has 20 heavy (non-hydrogen) atoms. The molecule has 0 N–H and O–H groups in total. The van der Waals surface area contributed by atoms with Crippen molar-refractivity contribution in [1.82, 2.24) is 13.9 Å². The smallest absolute Gasteiger partial charge is 0.246 e. The lowest BCUT2D eigenvalue weighted by Gasteiger charge is -2.54. The summed E-state index contributed by atoms with van der Waals surface area (Å²) in [4.78, 5) is 24.8. The summed E-state index contributed by atoms with van der Waals surface area (Å²) in [7, 11) is 1.58. The van der Waals surface area contributed by atoms with Crippen LogP contribution in [-0.4, -0.2) is 13.9 Å². The molecule has 0 spiro atoms. The molecule has 0 unspecified atom stereocenters. The Hall–Kier alpha value is -1.52. The summed E-state index contributed by atoms with van der Waals surface area (Å²) in [5.41, 5.74) is -0.185. The second-order valence-corrected chi connectivity index (χ2v) is 6.90. The number of allylic oxidation sites excluding steroid dienone is 2. The third-order valence-corrected chi connectivity index (χ3v) is 6.09. The van der Waals surface area contributed by atoms with Gasteiger partial charge < -0.3 is 0 Å². The van der Waals surface area contributed by atoms with Crippen molar-refractivity contribution in [3.63, 3.8) is 0 Å². The van der Waals surface area contributed by atoms with Crippen molar-refractivity contribution >= 4 is 0 Å². The van der Waals surface area contributed by atoms with Gasteiger partial charge in [0.05, 0.1) is 12.1 Å². The van der Waals surface area contributed by atoms with Crippen LogP contribution in [0.1, 0.15) is 45.2 Å². The molecule has 2 aliphatic carbocycles. The third-order valence-electron chi connectivity index (χ3n) is 6.09. The fraction of sp³-hybridized carbons (Fsp3) is 0.733. The van der Waals surface area contributed by atoms with Gasteiger partial charge in [-0.1, -0.05) is 32.4 Å². The summed E-state index contributed by atoms with van der Waals surface area (Å²) in [5.74, 6) is 1.01. The maximum atomic E-state index is 12.4. The van der Waals surface area contributed by atoms with Gasteiger partial charge in [0.2, 0.25) is 0 Å². The Morgan fingerprint density at radius 3 is 2.60 bits per heavy atom. The van der Waals surface area contributed by atoms with Gasteiger partial charge in [-0.15, -0.1) is 0 Å². The van der Waals surface area contributed by atoms with Gasteiger partial charge in [0.25, 0.3) is 0 Å². The highest BCUT2D eigenvalue weighted by Gasteiger charge is 2.59. The van der Waals surface area contributed by atoms with Gasteiger partial charge in [0.15, 0.2) is 0 Å². The van der Waals surface area contributed by atoms with Crippen LogP contribution in [0.4, 0.5) is 0 Å². The summed E-state index contributed by atoms with van der Waals surface area (Å²) in [6, 6.07) is 0.104. The van der Waals surface area contributed by atoms with E-state index in [1.54, 1.807) is 16.4 Å². The average molecular weight is 275 g/mol. The van der Waals surface area contributed by atoms with Crippen LogP contribution in [0.5, 0.6) is 0 Å². The summed E-state index contributed by atoms with van der Waals surface area (Å²) in [6.45, 7) is 4.53. The van der Waals surface area contributed by atoms with E-state index in [4.69, 9.17) is 0 Å². The van der Waals surface area contributed by atoms with Crippen molar-refractivity contribution in [2.75, 3.05) is 0 Å². The van der Waals surface area contributed by atoms with E-state index in [2.05, 4.69) is 26.0 Å². The van der Waals surface area contributed by atoms with Gasteiger partial charge in [-0.3, -0.25) is 0 Å². The first kappa shape index (κ1) is 12.2.